The van der Waals surface area contributed by atoms with Gasteiger partial charge in [0.2, 0.25) is 5.78 Å². The smallest absolute Gasteiger partial charge is 0.301 e. The minimum Gasteiger partial charge on any atom is -0.452 e. The SMILES string of the molecule is CN(C)CC(=O)c1ccc(/C=N/Nc2ccc([N+](=O)[O-])cc2[N+](=O)[O-])o1. The summed E-state index contributed by atoms with van der Waals surface area (Å²) < 4.78 is 5.32. The minimum absolute atomic E-state index is 0.0210. The van der Waals surface area contributed by atoms with Crippen LogP contribution < -0.4 is 5.43 Å². The molecule has 0 saturated carbocycles. The van der Waals surface area contributed by atoms with Gasteiger partial charge in [-0.15, -0.1) is 0 Å². The third kappa shape index (κ3) is 4.70. The number of likely N-dealkylation sites (N-methyl/N-ethyl adjacent to an activating group) is 1. The number of hydrogen-bond acceptors (Lipinski definition) is 9. The van der Waals surface area contributed by atoms with Crippen LogP contribution in [-0.4, -0.2) is 47.4 Å². The number of rotatable bonds is 8. The van der Waals surface area contributed by atoms with Crippen molar-refractivity contribution in [1.29, 1.82) is 0 Å². The summed E-state index contributed by atoms with van der Waals surface area (Å²) in [5, 5.41) is 25.5. The van der Waals surface area contributed by atoms with Crippen molar-refractivity contribution in [2.75, 3.05) is 26.1 Å². The van der Waals surface area contributed by atoms with E-state index in [1.807, 2.05) is 0 Å². The average Bonchev–Trinajstić information content (AvgIpc) is 3.03. The Morgan fingerprint density at radius 3 is 2.58 bits per heavy atom. The third-order valence-electron chi connectivity index (χ3n) is 3.13. The van der Waals surface area contributed by atoms with Crippen molar-refractivity contribution in [3.05, 3.63) is 62.1 Å². The van der Waals surface area contributed by atoms with Crippen LogP contribution in [0.15, 0.2) is 39.9 Å². The van der Waals surface area contributed by atoms with Gasteiger partial charge in [-0.2, -0.15) is 5.10 Å². The lowest BCUT2D eigenvalue weighted by molar-refractivity contribution is -0.393. The highest BCUT2D eigenvalue weighted by molar-refractivity contribution is 5.95. The molecule has 1 heterocycles. The second-order valence-electron chi connectivity index (χ2n) is 5.45. The molecule has 136 valence electrons. The number of Topliss-reactive ketones (excluding diaryl/α,β-unsaturated/α-hetero) is 1. The molecule has 0 aliphatic carbocycles. The maximum Gasteiger partial charge on any atom is 0.301 e. The van der Waals surface area contributed by atoms with Crippen LogP contribution in [0.4, 0.5) is 17.1 Å². The molecule has 2 aromatic rings. The summed E-state index contributed by atoms with van der Waals surface area (Å²) in [6.07, 6.45) is 1.23. The summed E-state index contributed by atoms with van der Waals surface area (Å²) in [6, 6.07) is 6.17. The Morgan fingerprint density at radius 1 is 1.23 bits per heavy atom. The number of anilines is 1. The molecule has 0 radical (unpaired) electrons. The van der Waals surface area contributed by atoms with Gasteiger partial charge in [0.15, 0.2) is 5.76 Å². The number of hydrogen-bond donors (Lipinski definition) is 1. The van der Waals surface area contributed by atoms with Crippen LogP contribution in [0.3, 0.4) is 0 Å². The molecule has 0 atom stereocenters. The number of carbonyl (C=O) groups excluding carboxylic acids is 1. The zero-order valence-electron chi connectivity index (χ0n) is 13.9. The number of ketones is 1. The Hall–Kier alpha value is -3.60. The lowest BCUT2D eigenvalue weighted by Crippen LogP contribution is -2.21. The lowest BCUT2D eigenvalue weighted by Gasteiger charge is -2.05. The molecule has 1 N–H and O–H groups in total. The molecule has 0 unspecified atom stereocenters. The van der Waals surface area contributed by atoms with Gasteiger partial charge in [-0.05, 0) is 32.3 Å². The first-order valence-electron chi connectivity index (χ1n) is 7.27. The lowest BCUT2D eigenvalue weighted by atomic mass is 10.2. The van der Waals surface area contributed by atoms with E-state index in [9.17, 15) is 25.0 Å². The van der Waals surface area contributed by atoms with Crippen LogP contribution >= 0.6 is 0 Å². The summed E-state index contributed by atoms with van der Waals surface area (Å²) >= 11 is 0. The molecule has 0 aliphatic heterocycles. The van der Waals surface area contributed by atoms with E-state index in [0.29, 0.717) is 0 Å². The maximum absolute atomic E-state index is 11.8. The molecule has 2 rings (SSSR count). The molecule has 0 aliphatic rings. The fraction of sp³-hybridized carbons (Fsp3) is 0.200. The van der Waals surface area contributed by atoms with E-state index >= 15 is 0 Å². The normalized spacial score (nSPS) is 11.0. The van der Waals surface area contributed by atoms with Crippen molar-refractivity contribution in [1.82, 2.24) is 4.90 Å². The molecule has 0 bridgehead atoms. The average molecular weight is 361 g/mol. The van der Waals surface area contributed by atoms with Crippen LogP contribution in [0.5, 0.6) is 0 Å². The van der Waals surface area contributed by atoms with Crippen LogP contribution in [0.1, 0.15) is 16.3 Å². The molecular formula is C15H15N5O6. The van der Waals surface area contributed by atoms with Crippen molar-refractivity contribution in [2.45, 2.75) is 0 Å². The quantitative estimate of drug-likeness (QED) is 0.326. The molecule has 26 heavy (non-hydrogen) atoms. The number of benzene rings is 1. The standard InChI is InChI=1S/C15H15N5O6/c1-18(2)9-14(21)15-6-4-11(26-15)8-16-17-12-5-3-10(19(22)23)7-13(12)20(24)25/h3-8,17H,9H2,1-2H3/b16-8+. The number of nitrogens with zero attached hydrogens (tertiary/aromatic N) is 4. The Balaban J connectivity index is 2.11. The molecular weight excluding hydrogens is 346 g/mol. The van der Waals surface area contributed by atoms with Crippen molar-refractivity contribution >= 4 is 29.1 Å². The maximum atomic E-state index is 11.8. The van der Waals surface area contributed by atoms with Crippen LogP contribution in [-0.2, 0) is 0 Å². The predicted molar refractivity (Wildman–Crippen MR) is 92.6 cm³/mol. The van der Waals surface area contributed by atoms with Gasteiger partial charge in [0, 0.05) is 6.07 Å². The van der Waals surface area contributed by atoms with E-state index in [4.69, 9.17) is 4.42 Å². The van der Waals surface area contributed by atoms with Crippen LogP contribution in [0.2, 0.25) is 0 Å². The molecule has 0 saturated heterocycles. The van der Waals surface area contributed by atoms with Gasteiger partial charge in [0.25, 0.3) is 5.69 Å². The second-order valence-corrected chi connectivity index (χ2v) is 5.45. The fourth-order valence-electron chi connectivity index (χ4n) is 1.98. The molecule has 0 fully saturated rings. The summed E-state index contributed by atoms with van der Waals surface area (Å²) in [5.74, 6) is 0.235. The largest absolute Gasteiger partial charge is 0.452 e. The summed E-state index contributed by atoms with van der Waals surface area (Å²) in [5.41, 5.74) is 1.52. The molecule has 0 amide bonds. The number of nitrogens with one attached hydrogen (secondary N) is 1. The summed E-state index contributed by atoms with van der Waals surface area (Å²) in [4.78, 5) is 33.8. The first-order valence-corrected chi connectivity index (χ1v) is 7.27. The molecule has 0 spiro atoms. The number of nitro groups is 2. The molecule has 11 nitrogen and oxygen atoms in total. The van der Waals surface area contributed by atoms with E-state index in [0.717, 1.165) is 12.1 Å². The monoisotopic (exact) mass is 361 g/mol. The fourth-order valence-corrected chi connectivity index (χ4v) is 1.98. The molecule has 1 aromatic carbocycles. The van der Waals surface area contributed by atoms with Gasteiger partial charge in [0.05, 0.1) is 28.7 Å². The Bertz CT molecular complexity index is 873. The first kappa shape index (κ1) is 18.7. The predicted octanol–water partition coefficient (Wildman–Crippen LogP) is 2.29. The van der Waals surface area contributed by atoms with Gasteiger partial charge < -0.3 is 9.32 Å². The van der Waals surface area contributed by atoms with Gasteiger partial charge in [-0.25, -0.2) is 0 Å². The summed E-state index contributed by atoms with van der Waals surface area (Å²) in [6.45, 7) is 0.192. The Kier molecular flexibility index (Phi) is 5.75. The Morgan fingerprint density at radius 2 is 1.96 bits per heavy atom. The second kappa shape index (κ2) is 7.98. The zero-order valence-corrected chi connectivity index (χ0v) is 13.9. The number of nitro benzene ring substituents is 2. The highest BCUT2D eigenvalue weighted by Gasteiger charge is 2.19. The molecule has 1 aromatic heterocycles. The Labute approximate surface area is 147 Å². The highest BCUT2D eigenvalue weighted by atomic mass is 16.6. The van der Waals surface area contributed by atoms with E-state index < -0.39 is 21.2 Å². The van der Waals surface area contributed by atoms with Gasteiger partial charge >= 0.3 is 5.69 Å². The van der Waals surface area contributed by atoms with E-state index in [-0.39, 0.29) is 29.5 Å². The zero-order chi connectivity index (χ0) is 19.3. The van der Waals surface area contributed by atoms with Gasteiger partial charge in [-0.1, -0.05) is 0 Å². The highest BCUT2D eigenvalue weighted by Crippen LogP contribution is 2.28. The summed E-state index contributed by atoms with van der Waals surface area (Å²) in [7, 11) is 3.51. The molecule has 11 heteroatoms. The van der Waals surface area contributed by atoms with Gasteiger partial charge in [-0.3, -0.25) is 30.4 Å². The van der Waals surface area contributed by atoms with Crippen molar-refractivity contribution in [2.24, 2.45) is 5.10 Å². The number of non-ortho nitro benzene ring substituents is 1. The van der Waals surface area contributed by atoms with Gasteiger partial charge in [0.1, 0.15) is 11.4 Å². The van der Waals surface area contributed by atoms with Crippen molar-refractivity contribution in [3.63, 3.8) is 0 Å². The number of furan rings is 1. The van der Waals surface area contributed by atoms with Crippen LogP contribution in [0.25, 0.3) is 0 Å². The third-order valence-corrected chi connectivity index (χ3v) is 3.13. The van der Waals surface area contributed by atoms with Crippen LogP contribution in [0, 0.1) is 20.2 Å². The topological polar surface area (TPSA) is 144 Å². The number of hydrazone groups is 1. The minimum atomic E-state index is -0.754. The van der Waals surface area contributed by atoms with E-state index in [2.05, 4.69) is 10.5 Å². The van der Waals surface area contributed by atoms with Crippen molar-refractivity contribution < 1.29 is 19.1 Å². The number of carbonyl (C=O) groups is 1. The van der Waals surface area contributed by atoms with E-state index in [1.165, 1.54) is 24.4 Å². The van der Waals surface area contributed by atoms with Crippen molar-refractivity contribution in [3.8, 4) is 0 Å². The van der Waals surface area contributed by atoms with E-state index in [1.54, 1.807) is 19.0 Å². The first-order chi connectivity index (χ1) is 12.3.